The van der Waals surface area contributed by atoms with E-state index >= 15 is 0 Å². The molecule has 5 nitrogen and oxygen atoms in total. The zero-order valence-electron chi connectivity index (χ0n) is 12.6. The van der Waals surface area contributed by atoms with Crippen molar-refractivity contribution in [1.29, 1.82) is 0 Å². The second kappa shape index (κ2) is 8.56. The number of carboxylic acids is 1. The van der Waals surface area contributed by atoms with E-state index in [0.717, 1.165) is 5.56 Å². The molecule has 2 N–H and O–H groups in total. The monoisotopic (exact) mass is 310 g/mol. The van der Waals surface area contributed by atoms with Crippen molar-refractivity contribution in [2.24, 2.45) is 0 Å². The normalized spacial score (nSPS) is 11.8. The van der Waals surface area contributed by atoms with Crippen molar-refractivity contribution in [2.75, 3.05) is 24.2 Å². The molecular formula is C15H22N2O3S. The highest BCUT2D eigenvalue weighted by atomic mass is 32.2. The molecule has 0 aliphatic heterocycles. The first-order valence-electron chi connectivity index (χ1n) is 6.80. The smallest absolute Gasteiger partial charge is 0.321 e. The first-order chi connectivity index (χ1) is 9.93. The van der Waals surface area contributed by atoms with Crippen LogP contribution in [0.25, 0.3) is 0 Å². The predicted octanol–water partition coefficient (Wildman–Crippen LogP) is 2.74. The van der Waals surface area contributed by atoms with Gasteiger partial charge in [0.05, 0.1) is 6.42 Å². The molecule has 0 spiro atoms. The number of urea groups is 1. The number of anilines is 1. The number of rotatable bonds is 7. The second-order valence-electron chi connectivity index (χ2n) is 4.86. The van der Waals surface area contributed by atoms with Crippen LogP contribution in [0.15, 0.2) is 24.3 Å². The van der Waals surface area contributed by atoms with Crippen LogP contribution in [0.2, 0.25) is 0 Å². The molecule has 2 amide bonds. The molecule has 0 radical (unpaired) electrons. The molecule has 0 aliphatic carbocycles. The van der Waals surface area contributed by atoms with Crippen LogP contribution in [0.5, 0.6) is 0 Å². The first-order valence-corrected chi connectivity index (χ1v) is 8.09. The average molecular weight is 310 g/mol. The molecule has 0 saturated carbocycles. The van der Waals surface area contributed by atoms with E-state index in [2.05, 4.69) is 5.32 Å². The number of hydrogen-bond donors (Lipinski definition) is 2. The van der Waals surface area contributed by atoms with Gasteiger partial charge in [-0.05, 0) is 25.3 Å². The number of nitrogens with one attached hydrogen (secondary N) is 1. The molecule has 1 unspecified atom stereocenters. The Hall–Kier alpha value is -1.69. The van der Waals surface area contributed by atoms with Crippen molar-refractivity contribution in [3.63, 3.8) is 0 Å². The molecule has 1 atom stereocenters. The van der Waals surface area contributed by atoms with Crippen molar-refractivity contribution >= 4 is 29.4 Å². The lowest BCUT2D eigenvalue weighted by atomic mass is 10.2. The lowest BCUT2D eigenvalue weighted by Gasteiger charge is -2.23. The Morgan fingerprint density at radius 1 is 1.33 bits per heavy atom. The van der Waals surface area contributed by atoms with E-state index in [9.17, 15) is 9.59 Å². The highest BCUT2D eigenvalue weighted by molar-refractivity contribution is 7.99. The summed E-state index contributed by atoms with van der Waals surface area (Å²) in [5.74, 6) is -0.919. The Balaban J connectivity index is 2.78. The number of aryl methyl sites for hydroxylation is 1. The number of carbonyl (C=O) groups excluding carboxylic acids is 1. The van der Waals surface area contributed by atoms with Crippen LogP contribution in [0.1, 0.15) is 18.9 Å². The number of nitrogens with zero attached hydrogens (tertiary/aromatic N) is 1. The minimum Gasteiger partial charge on any atom is -0.481 e. The molecule has 0 aromatic heterocycles. The van der Waals surface area contributed by atoms with Crippen molar-refractivity contribution in [3.8, 4) is 0 Å². The van der Waals surface area contributed by atoms with E-state index in [-0.39, 0.29) is 19.0 Å². The van der Waals surface area contributed by atoms with Gasteiger partial charge in [0, 0.05) is 24.0 Å². The molecule has 6 heteroatoms. The van der Waals surface area contributed by atoms with Gasteiger partial charge in [0.15, 0.2) is 0 Å². The molecule has 116 valence electrons. The van der Waals surface area contributed by atoms with Crippen LogP contribution in [0.3, 0.4) is 0 Å². The summed E-state index contributed by atoms with van der Waals surface area (Å²) in [5.41, 5.74) is 1.80. The number of thioether (sulfide) groups is 1. The van der Waals surface area contributed by atoms with Crippen LogP contribution in [0.4, 0.5) is 10.5 Å². The maximum absolute atomic E-state index is 12.3. The van der Waals surface area contributed by atoms with Gasteiger partial charge >= 0.3 is 12.0 Å². The SMILES string of the molecule is CSC(C)CNC(=O)N(CCC(=O)O)c1ccc(C)cc1. The summed E-state index contributed by atoms with van der Waals surface area (Å²) in [4.78, 5) is 24.5. The third kappa shape index (κ3) is 6.08. The maximum Gasteiger partial charge on any atom is 0.321 e. The summed E-state index contributed by atoms with van der Waals surface area (Å²) in [6, 6.07) is 7.20. The van der Waals surface area contributed by atoms with Crippen LogP contribution < -0.4 is 10.2 Å². The number of aliphatic carboxylic acids is 1. The van der Waals surface area contributed by atoms with Crippen molar-refractivity contribution in [3.05, 3.63) is 29.8 Å². The number of amides is 2. The first kappa shape index (κ1) is 17.4. The second-order valence-corrected chi connectivity index (χ2v) is 6.14. The summed E-state index contributed by atoms with van der Waals surface area (Å²) in [7, 11) is 0. The maximum atomic E-state index is 12.3. The lowest BCUT2D eigenvalue weighted by Crippen LogP contribution is -2.43. The van der Waals surface area contributed by atoms with Crippen LogP contribution >= 0.6 is 11.8 Å². The Morgan fingerprint density at radius 3 is 2.48 bits per heavy atom. The van der Waals surface area contributed by atoms with E-state index in [0.29, 0.717) is 17.5 Å². The number of carbonyl (C=O) groups is 2. The summed E-state index contributed by atoms with van der Waals surface area (Å²) < 4.78 is 0. The fraction of sp³-hybridized carbons (Fsp3) is 0.467. The van der Waals surface area contributed by atoms with Gasteiger partial charge in [-0.25, -0.2) is 4.79 Å². The molecule has 0 aliphatic rings. The Labute approximate surface area is 129 Å². The average Bonchev–Trinajstić information content (AvgIpc) is 2.46. The third-order valence-electron chi connectivity index (χ3n) is 3.08. The van der Waals surface area contributed by atoms with Crippen LogP contribution in [0, 0.1) is 6.92 Å². The van der Waals surface area contributed by atoms with E-state index in [1.165, 1.54) is 4.90 Å². The molecule has 0 fully saturated rings. The van der Waals surface area contributed by atoms with Crippen LogP contribution in [-0.2, 0) is 4.79 Å². The summed E-state index contributed by atoms with van der Waals surface area (Å²) in [6.07, 6.45) is 1.90. The van der Waals surface area contributed by atoms with Crippen LogP contribution in [-0.4, -0.2) is 41.7 Å². The standard InChI is InChI=1S/C15H22N2O3S/c1-11-4-6-13(7-5-11)17(9-8-14(18)19)15(20)16-10-12(2)21-3/h4-7,12H,8-10H2,1-3H3,(H,16,20)(H,18,19). The van der Waals surface area contributed by atoms with Gasteiger partial charge < -0.3 is 10.4 Å². The predicted molar refractivity (Wildman–Crippen MR) is 87.2 cm³/mol. The zero-order valence-corrected chi connectivity index (χ0v) is 13.4. The topological polar surface area (TPSA) is 69.6 Å². The van der Waals surface area contributed by atoms with Gasteiger partial charge in [0.2, 0.25) is 0 Å². The minimum absolute atomic E-state index is 0.0840. The fourth-order valence-corrected chi connectivity index (χ4v) is 1.94. The van der Waals surface area contributed by atoms with E-state index in [4.69, 9.17) is 5.11 Å². The molecule has 21 heavy (non-hydrogen) atoms. The molecule has 1 aromatic carbocycles. The molecular weight excluding hydrogens is 288 g/mol. The lowest BCUT2D eigenvalue weighted by molar-refractivity contribution is -0.136. The Kier molecular flexibility index (Phi) is 7.08. The minimum atomic E-state index is -0.919. The van der Waals surface area contributed by atoms with E-state index in [1.807, 2.05) is 44.4 Å². The van der Waals surface area contributed by atoms with Gasteiger partial charge in [0.1, 0.15) is 0 Å². The Bertz CT molecular complexity index is 476. The summed E-state index contributed by atoms with van der Waals surface area (Å²) >= 11 is 1.67. The largest absolute Gasteiger partial charge is 0.481 e. The summed E-state index contributed by atoms with van der Waals surface area (Å²) in [5, 5.41) is 12.0. The van der Waals surface area contributed by atoms with Crippen molar-refractivity contribution in [2.45, 2.75) is 25.5 Å². The Morgan fingerprint density at radius 2 is 1.95 bits per heavy atom. The third-order valence-corrected chi connectivity index (χ3v) is 4.05. The van der Waals surface area contributed by atoms with Crippen molar-refractivity contribution in [1.82, 2.24) is 5.32 Å². The van der Waals surface area contributed by atoms with Gasteiger partial charge in [-0.2, -0.15) is 11.8 Å². The van der Waals surface area contributed by atoms with Gasteiger partial charge in [0.25, 0.3) is 0 Å². The zero-order chi connectivity index (χ0) is 15.8. The van der Waals surface area contributed by atoms with E-state index < -0.39 is 5.97 Å². The highest BCUT2D eigenvalue weighted by Gasteiger charge is 2.17. The van der Waals surface area contributed by atoms with Gasteiger partial charge in [-0.15, -0.1) is 0 Å². The van der Waals surface area contributed by atoms with Gasteiger partial charge in [-0.3, -0.25) is 9.69 Å². The molecule has 0 saturated heterocycles. The number of benzene rings is 1. The molecule has 0 heterocycles. The molecule has 1 aromatic rings. The molecule has 0 bridgehead atoms. The number of carboxylic acid groups (broad SMARTS) is 1. The highest BCUT2D eigenvalue weighted by Crippen LogP contribution is 2.16. The van der Waals surface area contributed by atoms with Gasteiger partial charge in [-0.1, -0.05) is 24.6 Å². The van der Waals surface area contributed by atoms with Crippen molar-refractivity contribution < 1.29 is 14.7 Å². The fourth-order valence-electron chi connectivity index (χ4n) is 1.69. The quantitative estimate of drug-likeness (QED) is 0.812. The number of hydrogen-bond acceptors (Lipinski definition) is 3. The summed E-state index contributed by atoms with van der Waals surface area (Å²) in [6.45, 7) is 4.69. The molecule has 1 rings (SSSR count). The van der Waals surface area contributed by atoms with E-state index in [1.54, 1.807) is 11.8 Å².